The van der Waals surface area contributed by atoms with Crippen LogP contribution >= 0.6 is 0 Å². The first kappa shape index (κ1) is 24.3. The molecule has 0 bridgehead atoms. The lowest BCUT2D eigenvalue weighted by atomic mass is 10.1. The van der Waals surface area contributed by atoms with Gasteiger partial charge in [0.15, 0.2) is 12.4 Å². The van der Waals surface area contributed by atoms with Crippen LogP contribution in [0, 0.1) is 0 Å². The highest BCUT2D eigenvalue weighted by Crippen LogP contribution is 2.35. The second-order valence-corrected chi connectivity index (χ2v) is 11.5. The lowest BCUT2D eigenvalue weighted by Gasteiger charge is -2.07. The predicted octanol–water partition coefficient (Wildman–Crippen LogP) is 9.45. The van der Waals surface area contributed by atoms with Crippen LogP contribution in [0.4, 0.5) is 0 Å². The van der Waals surface area contributed by atoms with Gasteiger partial charge in [0.25, 0.3) is 0 Å². The molecule has 0 N–H and O–H groups in total. The number of hydrogen-bond donors (Lipinski definition) is 0. The number of benzene rings is 5. The van der Waals surface area contributed by atoms with Gasteiger partial charge in [-0.3, -0.25) is 4.57 Å². The summed E-state index contributed by atoms with van der Waals surface area (Å²) in [5.41, 5.74) is 9.43. The van der Waals surface area contributed by atoms with Crippen molar-refractivity contribution in [1.82, 2.24) is 14.1 Å². The zero-order chi connectivity index (χ0) is 29.5. The number of fused-ring (bicyclic) bond motifs is 9. The molecule has 0 aliphatic rings. The molecule has 0 aliphatic heterocycles. The van der Waals surface area contributed by atoms with Crippen LogP contribution in [0.15, 0.2) is 156 Å². The first-order chi connectivity index (χ1) is 22.3. The summed E-state index contributed by atoms with van der Waals surface area (Å²) >= 11 is 0. The molecule has 0 unspecified atom stereocenters. The van der Waals surface area contributed by atoms with E-state index in [-0.39, 0.29) is 0 Å². The molecule has 0 saturated carbocycles. The molecule has 0 atom stereocenters. The highest BCUT2D eigenvalue weighted by atomic mass is 16.3. The van der Waals surface area contributed by atoms with Crippen LogP contribution in [0.25, 0.3) is 82.7 Å². The number of pyridine rings is 2. The summed E-state index contributed by atoms with van der Waals surface area (Å²) < 4.78 is 13.1. The van der Waals surface area contributed by atoms with Crippen LogP contribution in [-0.4, -0.2) is 14.1 Å². The number of hydrogen-bond acceptors (Lipinski definition) is 2. The number of rotatable bonds is 3. The minimum atomic E-state index is 0.864. The average Bonchev–Trinajstić information content (AvgIpc) is 3.75. The molecule has 10 aromatic rings. The maximum Gasteiger partial charge on any atom is 0.211 e. The van der Waals surface area contributed by atoms with E-state index in [0.29, 0.717) is 0 Å². The van der Waals surface area contributed by atoms with Crippen molar-refractivity contribution in [2.24, 2.45) is 0 Å². The highest BCUT2D eigenvalue weighted by Gasteiger charge is 2.18. The highest BCUT2D eigenvalue weighted by molar-refractivity contribution is 6.10. The molecule has 5 nitrogen and oxygen atoms in total. The summed E-state index contributed by atoms with van der Waals surface area (Å²) in [5, 5.41) is 7.00. The maximum absolute atomic E-state index is 6.33. The minimum Gasteiger partial charge on any atom is -0.456 e. The molecular formula is C40H25N4O+. The zero-order valence-corrected chi connectivity index (χ0v) is 24.1. The molecule has 0 fully saturated rings. The molecule has 210 valence electrons. The van der Waals surface area contributed by atoms with Crippen molar-refractivity contribution >= 4 is 65.7 Å². The van der Waals surface area contributed by atoms with Gasteiger partial charge >= 0.3 is 0 Å². The van der Waals surface area contributed by atoms with Crippen molar-refractivity contribution in [3.05, 3.63) is 152 Å². The largest absolute Gasteiger partial charge is 0.456 e. The van der Waals surface area contributed by atoms with Crippen LogP contribution < -0.4 is 4.57 Å². The van der Waals surface area contributed by atoms with E-state index in [1.807, 2.05) is 12.3 Å². The van der Waals surface area contributed by atoms with E-state index in [4.69, 9.17) is 9.40 Å². The molecule has 5 heterocycles. The Labute approximate surface area is 257 Å². The fraction of sp³-hybridized carbons (Fsp3) is 0. The topological polar surface area (TPSA) is 39.8 Å². The average molecular weight is 578 g/mol. The van der Waals surface area contributed by atoms with Gasteiger partial charge < -0.3 is 8.98 Å². The van der Waals surface area contributed by atoms with Crippen LogP contribution in [0.3, 0.4) is 0 Å². The molecule has 5 aromatic heterocycles. The third kappa shape index (κ3) is 3.49. The fourth-order valence-corrected chi connectivity index (χ4v) is 7.07. The van der Waals surface area contributed by atoms with Crippen molar-refractivity contribution < 1.29 is 8.98 Å². The monoisotopic (exact) mass is 577 g/mol. The van der Waals surface area contributed by atoms with Gasteiger partial charge in [0.05, 0.1) is 16.6 Å². The van der Waals surface area contributed by atoms with Crippen LogP contribution in [-0.2, 0) is 0 Å². The summed E-state index contributed by atoms with van der Waals surface area (Å²) in [5.74, 6) is 0. The quantitative estimate of drug-likeness (QED) is 0.196. The number of aromatic nitrogens is 4. The van der Waals surface area contributed by atoms with E-state index in [9.17, 15) is 0 Å². The Morgan fingerprint density at radius 3 is 1.87 bits per heavy atom. The van der Waals surface area contributed by atoms with E-state index in [1.165, 1.54) is 27.2 Å². The van der Waals surface area contributed by atoms with E-state index in [2.05, 4.69) is 153 Å². The van der Waals surface area contributed by atoms with E-state index in [0.717, 1.165) is 55.6 Å². The van der Waals surface area contributed by atoms with Gasteiger partial charge in [0.1, 0.15) is 22.5 Å². The summed E-state index contributed by atoms with van der Waals surface area (Å²) in [4.78, 5) is 4.78. The second-order valence-electron chi connectivity index (χ2n) is 11.5. The zero-order valence-electron chi connectivity index (χ0n) is 24.1. The van der Waals surface area contributed by atoms with Gasteiger partial charge in [-0.15, -0.1) is 0 Å². The molecule has 5 aromatic carbocycles. The summed E-state index contributed by atoms with van der Waals surface area (Å²) in [7, 11) is 0. The Kier molecular flexibility index (Phi) is 4.93. The molecule has 0 saturated heterocycles. The molecule has 0 spiro atoms. The molecule has 0 radical (unpaired) electrons. The van der Waals surface area contributed by atoms with Crippen molar-refractivity contribution in [2.45, 2.75) is 0 Å². The smallest absolute Gasteiger partial charge is 0.211 e. The van der Waals surface area contributed by atoms with Gasteiger partial charge in [0, 0.05) is 62.4 Å². The number of nitrogens with zero attached hydrogens (tertiary/aromatic N) is 4. The van der Waals surface area contributed by atoms with Crippen molar-refractivity contribution in [3.8, 4) is 17.1 Å². The van der Waals surface area contributed by atoms with E-state index < -0.39 is 0 Å². The number of para-hydroxylation sites is 3. The molecule has 5 heteroatoms. The fourth-order valence-electron chi connectivity index (χ4n) is 7.07. The Hall–Kier alpha value is -6.20. The molecule has 0 aliphatic carbocycles. The Morgan fingerprint density at radius 1 is 0.489 bits per heavy atom. The Bertz CT molecular complexity index is 2670. The van der Waals surface area contributed by atoms with Crippen molar-refractivity contribution in [3.63, 3.8) is 0 Å². The van der Waals surface area contributed by atoms with Gasteiger partial charge in [-0.05, 0) is 60.7 Å². The maximum atomic E-state index is 6.33. The van der Waals surface area contributed by atoms with Gasteiger partial charge in [-0.1, -0.05) is 54.6 Å². The van der Waals surface area contributed by atoms with E-state index >= 15 is 0 Å². The van der Waals surface area contributed by atoms with E-state index in [1.54, 1.807) is 0 Å². The van der Waals surface area contributed by atoms with Gasteiger partial charge in [-0.25, -0.2) is 4.98 Å². The van der Waals surface area contributed by atoms with Crippen LogP contribution in [0.1, 0.15) is 0 Å². The summed E-state index contributed by atoms with van der Waals surface area (Å²) in [6.07, 6.45) is 6.17. The van der Waals surface area contributed by atoms with Crippen molar-refractivity contribution in [2.75, 3.05) is 0 Å². The summed E-state index contributed by atoms with van der Waals surface area (Å²) in [6.45, 7) is 0. The van der Waals surface area contributed by atoms with Crippen LogP contribution in [0.5, 0.6) is 0 Å². The molecular weight excluding hydrogens is 552 g/mol. The lowest BCUT2D eigenvalue weighted by Crippen LogP contribution is -2.30. The lowest BCUT2D eigenvalue weighted by molar-refractivity contribution is -0.595. The van der Waals surface area contributed by atoms with Gasteiger partial charge in [-0.2, -0.15) is 4.57 Å². The third-order valence-corrected chi connectivity index (χ3v) is 9.05. The molecule has 10 rings (SSSR count). The standard InChI is InChI=1S/C40H25N4O/c1-4-14-35-29(10-1)30-11-2-5-15-36(30)43(35)28-9-8-22-42(25-28)26-17-19-38-33(23-26)34-24-27(18-20-39(34)45-38)44-37-16-6-3-12-31(37)32-13-7-21-41-40(32)44/h1-25H/q+1. The minimum absolute atomic E-state index is 0.864. The SMILES string of the molecule is c1ccc2c(c1)c1ccccc1n2-c1ccc[n+](-c2ccc3oc4ccc(-n5c6ccccc6c6cccnc65)cc4c3c2)c1. The predicted molar refractivity (Wildman–Crippen MR) is 182 cm³/mol. The summed E-state index contributed by atoms with van der Waals surface area (Å²) in [6, 6.07) is 47.0. The van der Waals surface area contributed by atoms with Crippen LogP contribution in [0.2, 0.25) is 0 Å². The molecule has 45 heavy (non-hydrogen) atoms. The normalized spacial score (nSPS) is 12.0. The van der Waals surface area contributed by atoms with Crippen molar-refractivity contribution in [1.29, 1.82) is 0 Å². The number of furan rings is 1. The molecule has 0 amide bonds. The second kappa shape index (κ2) is 9.15. The first-order valence-corrected chi connectivity index (χ1v) is 15.1. The Morgan fingerprint density at radius 2 is 1.11 bits per heavy atom. The third-order valence-electron chi connectivity index (χ3n) is 9.05. The van der Waals surface area contributed by atoms with Gasteiger partial charge in [0.2, 0.25) is 5.69 Å². The first-order valence-electron chi connectivity index (χ1n) is 15.1. The Balaban J connectivity index is 1.15.